The van der Waals surface area contributed by atoms with Crippen molar-refractivity contribution in [3.63, 3.8) is 0 Å². The van der Waals surface area contributed by atoms with Crippen LogP contribution in [-0.4, -0.2) is 34.5 Å². The highest BCUT2D eigenvalue weighted by molar-refractivity contribution is 8.00. The van der Waals surface area contributed by atoms with Crippen LogP contribution in [-0.2, 0) is 4.79 Å². The minimum atomic E-state index is -0.361. The minimum Gasteiger partial charge on any atom is -0.301 e. The van der Waals surface area contributed by atoms with E-state index in [4.69, 9.17) is 0 Å². The Morgan fingerprint density at radius 2 is 2.40 bits per heavy atom. The molecule has 4 nitrogen and oxygen atoms in total. The van der Waals surface area contributed by atoms with E-state index in [-0.39, 0.29) is 17.3 Å². The summed E-state index contributed by atoms with van der Waals surface area (Å²) in [7, 11) is 0. The monoisotopic (exact) mass is 157 g/mol. The molecule has 2 aliphatic heterocycles. The molecule has 2 fully saturated rings. The number of nitrogens with zero attached hydrogens (tertiary/aromatic N) is 2. The van der Waals surface area contributed by atoms with E-state index < -0.39 is 0 Å². The summed E-state index contributed by atoms with van der Waals surface area (Å²) >= 11 is 1.49. The highest BCUT2D eigenvalue weighted by atomic mass is 32.2. The van der Waals surface area contributed by atoms with Gasteiger partial charge in [0.15, 0.2) is 5.37 Å². The van der Waals surface area contributed by atoms with E-state index >= 15 is 0 Å². The quantitative estimate of drug-likeness (QED) is 0.451. The highest BCUT2D eigenvalue weighted by Gasteiger charge is 2.43. The summed E-state index contributed by atoms with van der Waals surface area (Å²) in [5, 5.41) is 3.02. The van der Waals surface area contributed by atoms with Gasteiger partial charge in [0.25, 0.3) is 5.91 Å². The number of hydrogen-bond donors (Lipinski definition) is 0. The lowest BCUT2D eigenvalue weighted by molar-refractivity contribution is -0.119. The lowest BCUT2D eigenvalue weighted by Crippen LogP contribution is -2.27. The van der Waals surface area contributed by atoms with Crippen LogP contribution in [0, 0.1) is 0 Å². The number of hydrogen-bond acceptors (Lipinski definition) is 3. The van der Waals surface area contributed by atoms with Crippen LogP contribution in [0.15, 0.2) is 0 Å². The van der Waals surface area contributed by atoms with Crippen molar-refractivity contribution >= 4 is 23.7 Å². The predicted molar refractivity (Wildman–Crippen MR) is 35.5 cm³/mol. The number of urea groups is 1. The molecule has 0 bridgehead atoms. The second-order valence-corrected chi connectivity index (χ2v) is 3.34. The van der Waals surface area contributed by atoms with Gasteiger partial charge in [0.05, 0.1) is 0 Å². The maximum absolute atomic E-state index is 10.8. The fraction of sp³-hybridized carbons (Fsp3) is 0.600. The average molecular weight is 157 g/mol. The molecule has 1 radical (unpaired) electrons. The molecule has 2 aliphatic rings. The Morgan fingerprint density at radius 3 is 3.10 bits per heavy atom. The van der Waals surface area contributed by atoms with Crippen molar-refractivity contribution in [1.82, 2.24) is 10.2 Å². The summed E-state index contributed by atoms with van der Waals surface area (Å²) in [5.74, 6) is 0.574. The molecule has 0 aromatic carbocycles. The van der Waals surface area contributed by atoms with Gasteiger partial charge < -0.3 is 4.90 Å². The first-order valence-corrected chi connectivity index (χ1v) is 4.02. The van der Waals surface area contributed by atoms with Crippen molar-refractivity contribution in [2.45, 2.75) is 5.37 Å². The van der Waals surface area contributed by atoms with Crippen LogP contribution in [0.1, 0.15) is 0 Å². The minimum absolute atomic E-state index is 0.285. The third kappa shape index (κ3) is 0.636. The summed E-state index contributed by atoms with van der Waals surface area (Å²) in [6.45, 7) is 0.670. The van der Waals surface area contributed by atoms with Gasteiger partial charge in [-0.2, -0.15) is 5.32 Å². The fourth-order valence-electron chi connectivity index (χ4n) is 1.08. The van der Waals surface area contributed by atoms with E-state index in [1.807, 2.05) is 0 Å². The summed E-state index contributed by atoms with van der Waals surface area (Å²) < 4.78 is 0. The van der Waals surface area contributed by atoms with Gasteiger partial charge in [-0.3, -0.25) is 4.79 Å². The maximum atomic E-state index is 10.8. The largest absolute Gasteiger partial charge is 0.348 e. The van der Waals surface area contributed by atoms with Crippen LogP contribution < -0.4 is 5.32 Å². The van der Waals surface area contributed by atoms with Crippen molar-refractivity contribution in [1.29, 1.82) is 0 Å². The number of carbonyl (C=O) groups excluding carboxylic acids is 2. The number of fused-ring (bicyclic) bond motifs is 1. The smallest absolute Gasteiger partial charge is 0.301 e. The molecule has 0 aliphatic carbocycles. The van der Waals surface area contributed by atoms with Crippen molar-refractivity contribution in [3.8, 4) is 0 Å². The van der Waals surface area contributed by atoms with Crippen LogP contribution in [0.25, 0.3) is 0 Å². The van der Waals surface area contributed by atoms with Gasteiger partial charge >= 0.3 is 6.03 Å². The van der Waals surface area contributed by atoms with Crippen molar-refractivity contribution in [3.05, 3.63) is 0 Å². The van der Waals surface area contributed by atoms with E-state index in [0.29, 0.717) is 6.54 Å². The zero-order valence-corrected chi connectivity index (χ0v) is 5.93. The lowest BCUT2D eigenvalue weighted by atomic mass is 10.5. The van der Waals surface area contributed by atoms with Gasteiger partial charge in [-0.25, -0.2) is 4.79 Å². The van der Waals surface area contributed by atoms with Crippen LogP contribution in [0.4, 0.5) is 4.79 Å². The molecule has 1 unspecified atom stereocenters. The van der Waals surface area contributed by atoms with E-state index in [9.17, 15) is 9.59 Å². The third-order valence-electron chi connectivity index (χ3n) is 1.55. The second kappa shape index (κ2) is 1.88. The molecule has 0 aromatic heterocycles. The van der Waals surface area contributed by atoms with Crippen LogP contribution >= 0.6 is 11.8 Å². The van der Waals surface area contributed by atoms with Crippen molar-refractivity contribution in [2.24, 2.45) is 0 Å². The van der Waals surface area contributed by atoms with Crippen LogP contribution in [0.3, 0.4) is 0 Å². The van der Waals surface area contributed by atoms with Gasteiger partial charge in [0.2, 0.25) is 0 Å². The summed E-state index contributed by atoms with van der Waals surface area (Å²) in [4.78, 5) is 23.1. The summed E-state index contributed by atoms with van der Waals surface area (Å²) in [5.41, 5.74) is 0. The Kier molecular flexibility index (Phi) is 1.14. The Bertz CT molecular complexity index is 186. The zero-order chi connectivity index (χ0) is 7.14. The summed E-state index contributed by atoms with van der Waals surface area (Å²) in [6, 6.07) is -0.361. The molecule has 0 spiro atoms. The molecule has 53 valence electrons. The lowest BCUT2D eigenvalue weighted by Gasteiger charge is -2.07. The molecule has 10 heavy (non-hydrogen) atoms. The normalized spacial score (nSPS) is 30.8. The van der Waals surface area contributed by atoms with Crippen molar-refractivity contribution < 1.29 is 9.59 Å². The van der Waals surface area contributed by atoms with Gasteiger partial charge in [-0.1, -0.05) is 0 Å². The molecule has 2 rings (SSSR count). The van der Waals surface area contributed by atoms with E-state index in [0.717, 1.165) is 5.75 Å². The molecule has 0 saturated carbocycles. The first-order valence-electron chi connectivity index (χ1n) is 2.97. The number of rotatable bonds is 0. The fourth-order valence-corrected chi connectivity index (χ4v) is 2.18. The first-order chi connectivity index (χ1) is 4.79. The molecule has 0 aromatic rings. The maximum Gasteiger partial charge on any atom is 0.348 e. The number of imide groups is 1. The van der Waals surface area contributed by atoms with E-state index in [2.05, 4.69) is 5.32 Å². The SMILES string of the molecule is O=C1[N]C(=O)N2CCSC12. The second-order valence-electron chi connectivity index (χ2n) is 2.15. The molecule has 0 N–H and O–H groups in total. The van der Waals surface area contributed by atoms with Crippen molar-refractivity contribution in [2.75, 3.05) is 12.3 Å². The Hall–Kier alpha value is -0.710. The van der Waals surface area contributed by atoms with Crippen LogP contribution in [0.5, 0.6) is 0 Å². The first kappa shape index (κ1) is 6.03. The van der Waals surface area contributed by atoms with Gasteiger partial charge in [0.1, 0.15) is 0 Å². The molecule has 2 saturated heterocycles. The van der Waals surface area contributed by atoms with Crippen LogP contribution in [0.2, 0.25) is 0 Å². The van der Waals surface area contributed by atoms with E-state index in [1.54, 1.807) is 0 Å². The molecule has 2 heterocycles. The number of amides is 3. The molecule has 5 heteroatoms. The molecular formula is C5H5N2O2S. The van der Waals surface area contributed by atoms with Gasteiger partial charge in [0, 0.05) is 12.3 Å². The highest BCUT2D eigenvalue weighted by Crippen LogP contribution is 2.27. The molecular weight excluding hydrogens is 152 g/mol. The van der Waals surface area contributed by atoms with Gasteiger partial charge in [-0.05, 0) is 0 Å². The Balaban J connectivity index is 2.27. The topological polar surface area (TPSA) is 51.5 Å². The summed E-state index contributed by atoms with van der Waals surface area (Å²) in [6.07, 6.45) is 0. The Morgan fingerprint density at radius 1 is 1.60 bits per heavy atom. The standard InChI is InChI=1S/C5H5N2O2S/c8-3-4-7(1-2-10-4)5(9)6-3/h4H,1-2H2. The van der Waals surface area contributed by atoms with Gasteiger partial charge in [-0.15, -0.1) is 11.8 Å². The third-order valence-corrected chi connectivity index (χ3v) is 2.74. The van der Waals surface area contributed by atoms with E-state index in [1.165, 1.54) is 16.7 Å². The zero-order valence-electron chi connectivity index (χ0n) is 5.11. The molecule has 3 amide bonds. The number of carbonyl (C=O) groups is 2. The predicted octanol–water partition coefficient (Wildman–Crippen LogP) is -0.374. The average Bonchev–Trinajstić information content (AvgIpc) is 2.39. The number of thioether (sulfide) groups is 1. The molecule has 1 atom stereocenters. The Labute approximate surface area is 61.9 Å².